The number of nitrogens with zero attached hydrogens (tertiary/aromatic N) is 1. The summed E-state index contributed by atoms with van der Waals surface area (Å²) in [4.78, 5) is 11.9. The third kappa shape index (κ3) is 2.88. The zero-order valence-electron chi connectivity index (χ0n) is 10.7. The molecule has 1 aromatic carbocycles. The van der Waals surface area contributed by atoms with Gasteiger partial charge in [0.15, 0.2) is 5.82 Å². The SMILES string of the molecule is CCOC(=O)c1c(Nc2ccccc2Cl)n[nH]c1C. The van der Waals surface area contributed by atoms with Crippen molar-refractivity contribution in [2.45, 2.75) is 13.8 Å². The van der Waals surface area contributed by atoms with E-state index in [2.05, 4.69) is 15.5 Å². The highest BCUT2D eigenvalue weighted by molar-refractivity contribution is 6.33. The van der Waals surface area contributed by atoms with Crippen LogP contribution in [0, 0.1) is 6.92 Å². The zero-order valence-corrected chi connectivity index (χ0v) is 11.4. The van der Waals surface area contributed by atoms with Gasteiger partial charge in [0, 0.05) is 5.69 Å². The third-order valence-corrected chi connectivity index (χ3v) is 2.88. The molecule has 6 heteroatoms. The van der Waals surface area contributed by atoms with Crippen LogP contribution in [-0.4, -0.2) is 22.8 Å². The molecule has 0 fully saturated rings. The Morgan fingerprint density at radius 3 is 2.89 bits per heavy atom. The lowest BCUT2D eigenvalue weighted by atomic mass is 10.2. The number of para-hydroxylation sites is 1. The summed E-state index contributed by atoms with van der Waals surface area (Å²) in [6.07, 6.45) is 0. The maximum absolute atomic E-state index is 11.9. The first-order valence-corrected chi connectivity index (χ1v) is 6.25. The standard InChI is InChI=1S/C13H14ClN3O2/c1-3-19-13(18)11-8(2)16-17-12(11)15-10-7-5-4-6-9(10)14/h4-7H,3H2,1-2H3,(H2,15,16,17). The second-order valence-electron chi connectivity index (χ2n) is 3.90. The van der Waals surface area contributed by atoms with Crippen molar-refractivity contribution in [3.05, 3.63) is 40.5 Å². The fourth-order valence-corrected chi connectivity index (χ4v) is 1.85. The van der Waals surface area contributed by atoms with Crippen LogP contribution in [0.4, 0.5) is 11.5 Å². The summed E-state index contributed by atoms with van der Waals surface area (Å²) < 4.78 is 5.00. The van der Waals surface area contributed by atoms with E-state index in [0.29, 0.717) is 34.4 Å². The van der Waals surface area contributed by atoms with Gasteiger partial charge in [0.1, 0.15) is 5.56 Å². The summed E-state index contributed by atoms with van der Waals surface area (Å²) in [5, 5.41) is 10.4. The van der Waals surface area contributed by atoms with E-state index < -0.39 is 5.97 Å². The van der Waals surface area contributed by atoms with Crippen molar-refractivity contribution in [2.24, 2.45) is 0 Å². The molecule has 19 heavy (non-hydrogen) atoms. The number of ether oxygens (including phenoxy) is 1. The van der Waals surface area contributed by atoms with Crippen LogP contribution in [0.15, 0.2) is 24.3 Å². The average Bonchev–Trinajstić information content (AvgIpc) is 2.74. The summed E-state index contributed by atoms with van der Waals surface area (Å²) in [5.74, 6) is -0.00708. The molecular weight excluding hydrogens is 266 g/mol. The molecule has 0 aliphatic rings. The number of halogens is 1. The van der Waals surface area contributed by atoms with Crippen LogP contribution in [0.3, 0.4) is 0 Å². The fourth-order valence-electron chi connectivity index (χ4n) is 1.66. The average molecular weight is 280 g/mol. The third-order valence-electron chi connectivity index (χ3n) is 2.55. The normalized spacial score (nSPS) is 10.3. The highest BCUT2D eigenvalue weighted by atomic mass is 35.5. The van der Waals surface area contributed by atoms with E-state index in [1.165, 1.54) is 0 Å². The van der Waals surface area contributed by atoms with Gasteiger partial charge >= 0.3 is 5.97 Å². The van der Waals surface area contributed by atoms with Crippen LogP contribution < -0.4 is 5.32 Å². The van der Waals surface area contributed by atoms with E-state index in [0.717, 1.165) is 0 Å². The molecule has 2 rings (SSSR count). The minimum Gasteiger partial charge on any atom is -0.462 e. The number of aromatic nitrogens is 2. The Labute approximate surface area is 115 Å². The predicted molar refractivity (Wildman–Crippen MR) is 74.0 cm³/mol. The first kappa shape index (κ1) is 13.4. The first-order chi connectivity index (χ1) is 9.13. The number of hydrogen-bond acceptors (Lipinski definition) is 4. The molecule has 1 aromatic heterocycles. The molecule has 0 spiro atoms. The molecule has 0 amide bonds. The van der Waals surface area contributed by atoms with Crippen LogP contribution in [0.2, 0.25) is 5.02 Å². The van der Waals surface area contributed by atoms with Gasteiger partial charge in [-0.25, -0.2) is 4.79 Å². The van der Waals surface area contributed by atoms with Gasteiger partial charge in [-0.2, -0.15) is 5.10 Å². The van der Waals surface area contributed by atoms with Crippen molar-refractivity contribution in [1.82, 2.24) is 10.2 Å². The smallest absolute Gasteiger partial charge is 0.343 e. The van der Waals surface area contributed by atoms with Gasteiger partial charge < -0.3 is 10.1 Å². The molecule has 100 valence electrons. The van der Waals surface area contributed by atoms with Gasteiger partial charge in [-0.05, 0) is 26.0 Å². The second kappa shape index (κ2) is 5.75. The monoisotopic (exact) mass is 279 g/mol. The molecule has 2 N–H and O–H groups in total. The van der Waals surface area contributed by atoms with Crippen LogP contribution in [0.5, 0.6) is 0 Å². The molecule has 2 aromatic rings. The molecule has 1 heterocycles. The van der Waals surface area contributed by atoms with E-state index in [9.17, 15) is 4.79 Å². The van der Waals surface area contributed by atoms with Crippen LogP contribution >= 0.6 is 11.6 Å². The largest absolute Gasteiger partial charge is 0.462 e. The number of aromatic amines is 1. The molecule has 0 saturated carbocycles. The number of benzene rings is 1. The van der Waals surface area contributed by atoms with E-state index in [1.54, 1.807) is 26.0 Å². The number of rotatable bonds is 4. The van der Waals surface area contributed by atoms with E-state index in [4.69, 9.17) is 16.3 Å². The zero-order chi connectivity index (χ0) is 13.8. The van der Waals surface area contributed by atoms with Gasteiger partial charge in [-0.3, -0.25) is 5.10 Å². The maximum Gasteiger partial charge on any atom is 0.343 e. The van der Waals surface area contributed by atoms with Crippen molar-refractivity contribution in [3.63, 3.8) is 0 Å². The Bertz CT molecular complexity index is 595. The molecule has 0 unspecified atom stereocenters. The summed E-state index contributed by atoms with van der Waals surface area (Å²) in [6, 6.07) is 7.24. The molecule has 0 saturated heterocycles. The number of hydrogen-bond donors (Lipinski definition) is 2. The summed E-state index contributed by atoms with van der Waals surface area (Å²) >= 11 is 6.06. The Hall–Kier alpha value is -2.01. The van der Waals surface area contributed by atoms with Crippen LogP contribution in [-0.2, 0) is 4.74 Å². The summed E-state index contributed by atoms with van der Waals surface area (Å²) in [5.41, 5.74) is 1.72. The lowest BCUT2D eigenvalue weighted by Gasteiger charge is -2.07. The maximum atomic E-state index is 11.9. The minimum atomic E-state index is -0.414. The topological polar surface area (TPSA) is 67.0 Å². The molecule has 5 nitrogen and oxygen atoms in total. The lowest BCUT2D eigenvalue weighted by Crippen LogP contribution is -2.08. The van der Waals surface area contributed by atoms with Gasteiger partial charge in [0.05, 0.1) is 17.3 Å². The van der Waals surface area contributed by atoms with Gasteiger partial charge in [-0.15, -0.1) is 0 Å². The van der Waals surface area contributed by atoms with Crippen molar-refractivity contribution < 1.29 is 9.53 Å². The quantitative estimate of drug-likeness (QED) is 0.843. The molecule has 0 atom stereocenters. The number of aryl methyl sites for hydroxylation is 1. The van der Waals surface area contributed by atoms with Crippen molar-refractivity contribution in [3.8, 4) is 0 Å². The van der Waals surface area contributed by atoms with Gasteiger partial charge in [0.25, 0.3) is 0 Å². The number of esters is 1. The summed E-state index contributed by atoms with van der Waals surface area (Å²) in [6.45, 7) is 3.83. The Morgan fingerprint density at radius 1 is 1.47 bits per heavy atom. The number of nitrogens with one attached hydrogen (secondary N) is 2. The Kier molecular flexibility index (Phi) is 4.06. The summed E-state index contributed by atoms with van der Waals surface area (Å²) in [7, 11) is 0. The van der Waals surface area contributed by atoms with Crippen molar-refractivity contribution >= 4 is 29.1 Å². The highest BCUT2D eigenvalue weighted by Crippen LogP contribution is 2.27. The van der Waals surface area contributed by atoms with Gasteiger partial charge in [0.2, 0.25) is 0 Å². The van der Waals surface area contributed by atoms with E-state index >= 15 is 0 Å². The highest BCUT2D eigenvalue weighted by Gasteiger charge is 2.19. The Morgan fingerprint density at radius 2 is 2.21 bits per heavy atom. The second-order valence-corrected chi connectivity index (χ2v) is 4.30. The minimum absolute atomic E-state index is 0.314. The molecule has 0 bridgehead atoms. The molecule has 0 radical (unpaired) electrons. The predicted octanol–water partition coefficient (Wildman–Crippen LogP) is 3.29. The number of carbonyl (C=O) groups excluding carboxylic acids is 1. The fraction of sp³-hybridized carbons (Fsp3) is 0.231. The molecule has 0 aliphatic carbocycles. The molecule has 0 aliphatic heterocycles. The van der Waals surface area contributed by atoms with Crippen LogP contribution in [0.25, 0.3) is 0 Å². The number of H-pyrrole nitrogens is 1. The van der Waals surface area contributed by atoms with E-state index in [1.807, 2.05) is 12.1 Å². The van der Waals surface area contributed by atoms with Gasteiger partial charge in [-0.1, -0.05) is 23.7 Å². The van der Waals surface area contributed by atoms with Crippen molar-refractivity contribution in [2.75, 3.05) is 11.9 Å². The molecular formula is C13H14ClN3O2. The number of anilines is 2. The first-order valence-electron chi connectivity index (χ1n) is 5.87. The number of carbonyl (C=O) groups is 1. The Balaban J connectivity index is 2.31. The van der Waals surface area contributed by atoms with Crippen LogP contribution in [0.1, 0.15) is 23.0 Å². The lowest BCUT2D eigenvalue weighted by molar-refractivity contribution is 0.0527. The van der Waals surface area contributed by atoms with E-state index in [-0.39, 0.29) is 0 Å². The van der Waals surface area contributed by atoms with Crippen molar-refractivity contribution in [1.29, 1.82) is 0 Å².